The van der Waals surface area contributed by atoms with Crippen molar-refractivity contribution >= 4 is 0 Å². The molecule has 0 aliphatic heterocycles. The van der Waals surface area contributed by atoms with Crippen molar-refractivity contribution in [3.8, 4) is 0 Å². The van der Waals surface area contributed by atoms with E-state index in [1.165, 1.54) is 0 Å². The van der Waals surface area contributed by atoms with Crippen LogP contribution in [0.2, 0.25) is 0 Å². The summed E-state index contributed by atoms with van der Waals surface area (Å²) in [7, 11) is 0. The molecule has 0 amide bonds. The van der Waals surface area contributed by atoms with Gasteiger partial charge in [-0.2, -0.15) is 17.6 Å². The number of rotatable bonds is 2. The second-order valence-corrected chi connectivity index (χ2v) is 2.81. The largest absolute Gasteiger partial charge is 0.421 e. The molecule has 0 saturated heterocycles. The van der Waals surface area contributed by atoms with Gasteiger partial charge < -0.3 is 5.11 Å². The molecule has 0 aliphatic rings. The summed E-state index contributed by atoms with van der Waals surface area (Å²) in [5.74, 6) is -1.93. The van der Waals surface area contributed by atoms with Gasteiger partial charge in [-0.25, -0.2) is 13.8 Å². The van der Waals surface area contributed by atoms with E-state index >= 15 is 0 Å². The number of halogens is 6. The van der Waals surface area contributed by atoms with Crippen LogP contribution in [-0.2, 0) is 12.8 Å². The maximum Gasteiger partial charge on any atom is 0.421 e. The Bertz CT molecular complexity index is 389. The molecular formula is C8H5F6NO. The van der Waals surface area contributed by atoms with Gasteiger partial charge in [0.25, 0.3) is 6.43 Å². The van der Waals surface area contributed by atoms with Crippen LogP contribution in [-0.4, -0.2) is 10.1 Å². The SMILES string of the molecule is OCc1c(C(F)F)cnc(F)c1C(F)(F)F. The van der Waals surface area contributed by atoms with Gasteiger partial charge in [-0.05, 0) is 0 Å². The molecule has 0 fully saturated rings. The lowest BCUT2D eigenvalue weighted by Crippen LogP contribution is -2.16. The average Bonchev–Trinajstić information content (AvgIpc) is 2.14. The monoisotopic (exact) mass is 245 g/mol. The molecule has 0 atom stereocenters. The fraction of sp³-hybridized carbons (Fsp3) is 0.375. The number of hydrogen-bond acceptors (Lipinski definition) is 2. The van der Waals surface area contributed by atoms with Crippen LogP contribution < -0.4 is 0 Å². The zero-order valence-corrected chi connectivity index (χ0v) is 7.52. The van der Waals surface area contributed by atoms with Crippen molar-refractivity contribution in [2.75, 3.05) is 0 Å². The minimum absolute atomic E-state index is 0.279. The van der Waals surface area contributed by atoms with Crippen molar-refractivity contribution in [1.29, 1.82) is 0 Å². The molecule has 0 spiro atoms. The Morgan fingerprint density at radius 2 is 1.88 bits per heavy atom. The highest BCUT2D eigenvalue weighted by molar-refractivity contribution is 5.35. The maximum atomic E-state index is 12.8. The summed E-state index contributed by atoms with van der Waals surface area (Å²) in [4.78, 5) is 2.60. The summed E-state index contributed by atoms with van der Waals surface area (Å²) in [5.41, 5.74) is -4.26. The zero-order chi connectivity index (χ0) is 12.5. The van der Waals surface area contributed by atoms with E-state index in [-0.39, 0.29) is 6.20 Å². The Morgan fingerprint density at radius 1 is 1.31 bits per heavy atom. The van der Waals surface area contributed by atoms with Gasteiger partial charge in [0.2, 0.25) is 5.95 Å². The standard InChI is InChI=1S/C8H5F6NO/c9-6(10)3-1-15-7(11)5(4(3)2-16)8(12,13)14/h1,6,16H,2H2. The minimum Gasteiger partial charge on any atom is -0.392 e. The van der Waals surface area contributed by atoms with Gasteiger partial charge >= 0.3 is 6.18 Å². The van der Waals surface area contributed by atoms with Crippen LogP contribution in [0.1, 0.15) is 23.1 Å². The van der Waals surface area contributed by atoms with Gasteiger partial charge in [-0.15, -0.1) is 0 Å². The highest BCUT2D eigenvalue weighted by Gasteiger charge is 2.39. The lowest BCUT2D eigenvalue weighted by molar-refractivity contribution is -0.141. The third-order valence-corrected chi connectivity index (χ3v) is 1.85. The van der Waals surface area contributed by atoms with Crippen LogP contribution in [0, 0.1) is 5.95 Å². The number of aliphatic hydroxyl groups is 1. The van der Waals surface area contributed by atoms with Gasteiger partial charge in [-0.3, -0.25) is 0 Å². The summed E-state index contributed by atoms with van der Waals surface area (Å²) in [5, 5.41) is 8.61. The molecule has 16 heavy (non-hydrogen) atoms. The molecule has 1 N–H and O–H groups in total. The second kappa shape index (κ2) is 4.28. The third kappa shape index (κ3) is 2.26. The molecule has 0 radical (unpaired) electrons. The summed E-state index contributed by atoms with van der Waals surface area (Å²) >= 11 is 0. The van der Waals surface area contributed by atoms with Crippen molar-refractivity contribution in [1.82, 2.24) is 4.98 Å². The Labute approximate surface area is 85.5 Å². The lowest BCUT2D eigenvalue weighted by Gasteiger charge is -2.14. The Kier molecular flexibility index (Phi) is 3.41. The van der Waals surface area contributed by atoms with E-state index < -0.39 is 41.8 Å². The minimum atomic E-state index is -5.18. The quantitative estimate of drug-likeness (QED) is 0.641. The molecule has 1 rings (SSSR count). The summed E-state index contributed by atoms with van der Waals surface area (Å²) < 4.78 is 74.2. The highest BCUT2D eigenvalue weighted by Crippen LogP contribution is 2.37. The van der Waals surface area contributed by atoms with Crippen LogP contribution in [0.4, 0.5) is 26.3 Å². The van der Waals surface area contributed by atoms with Gasteiger partial charge in [0.05, 0.1) is 6.61 Å². The van der Waals surface area contributed by atoms with Crippen molar-refractivity contribution in [2.24, 2.45) is 0 Å². The first-order valence-electron chi connectivity index (χ1n) is 3.92. The first-order chi connectivity index (χ1) is 7.29. The zero-order valence-electron chi connectivity index (χ0n) is 7.52. The van der Waals surface area contributed by atoms with Crippen molar-refractivity contribution in [3.05, 3.63) is 28.8 Å². The highest BCUT2D eigenvalue weighted by atomic mass is 19.4. The summed E-state index contributed by atoms with van der Waals surface area (Å²) in [6.45, 7) is -1.34. The smallest absolute Gasteiger partial charge is 0.392 e. The summed E-state index contributed by atoms with van der Waals surface area (Å²) in [6.07, 6.45) is -8.17. The molecular weight excluding hydrogens is 240 g/mol. The van der Waals surface area contributed by atoms with Crippen LogP contribution in [0.25, 0.3) is 0 Å². The predicted octanol–water partition coefficient (Wildman–Crippen LogP) is 2.67. The average molecular weight is 245 g/mol. The third-order valence-electron chi connectivity index (χ3n) is 1.85. The van der Waals surface area contributed by atoms with Crippen molar-refractivity contribution < 1.29 is 31.4 Å². The van der Waals surface area contributed by atoms with E-state index in [1.807, 2.05) is 0 Å². The van der Waals surface area contributed by atoms with Crippen molar-refractivity contribution in [3.63, 3.8) is 0 Å². The normalized spacial score (nSPS) is 12.2. The van der Waals surface area contributed by atoms with Gasteiger partial charge in [0, 0.05) is 17.3 Å². The number of nitrogens with zero attached hydrogens (tertiary/aromatic N) is 1. The molecule has 2 nitrogen and oxygen atoms in total. The van der Waals surface area contributed by atoms with Crippen molar-refractivity contribution in [2.45, 2.75) is 19.2 Å². The molecule has 8 heteroatoms. The molecule has 1 heterocycles. The fourth-order valence-electron chi connectivity index (χ4n) is 1.18. The molecule has 1 aromatic heterocycles. The van der Waals surface area contributed by atoms with Crippen LogP contribution >= 0.6 is 0 Å². The Morgan fingerprint density at radius 3 is 2.25 bits per heavy atom. The number of aromatic nitrogens is 1. The predicted molar refractivity (Wildman–Crippen MR) is 40.1 cm³/mol. The van der Waals surface area contributed by atoms with E-state index in [2.05, 4.69) is 4.98 Å². The summed E-state index contributed by atoms with van der Waals surface area (Å²) in [6, 6.07) is 0. The van der Waals surface area contributed by atoms with Gasteiger partial charge in [0.15, 0.2) is 0 Å². The lowest BCUT2D eigenvalue weighted by atomic mass is 10.0. The van der Waals surface area contributed by atoms with E-state index in [4.69, 9.17) is 5.11 Å². The van der Waals surface area contributed by atoms with E-state index in [0.29, 0.717) is 0 Å². The Balaban J connectivity index is 3.51. The molecule has 0 bridgehead atoms. The van der Waals surface area contributed by atoms with Crippen LogP contribution in [0.3, 0.4) is 0 Å². The fourth-order valence-corrected chi connectivity index (χ4v) is 1.18. The maximum absolute atomic E-state index is 12.8. The van der Waals surface area contributed by atoms with Gasteiger partial charge in [0.1, 0.15) is 5.56 Å². The van der Waals surface area contributed by atoms with E-state index in [1.54, 1.807) is 0 Å². The molecule has 0 aliphatic carbocycles. The molecule has 0 unspecified atom stereocenters. The van der Waals surface area contributed by atoms with E-state index in [0.717, 1.165) is 0 Å². The number of aliphatic hydroxyl groups excluding tert-OH is 1. The number of pyridine rings is 1. The number of hydrogen-bond donors (Lipinski definition) is 1. The molecule has 0 aromatic carbocycles. The number of alkyl halides is 5. The second-order valence-electron chi connectivity index (χ2n) is 2.81. The first kappa shape index (κ1) is 12.8. The Hall–Kier alpha value is -1.31. The van der Waals surface area contributed by atoms with Gasteiger partial charge in [-0.1, -0.05) is 0 Å². The molecule has 90 valence electrons. The molecule has 0 saturated carbocycles. The van der Waals surface area contributed by atoms with Crippen LogP contribution in [0.5, 0.6) is 0 Å². The van der Waals surface area contributed by atoms with Crippen LogP contribution in [0.15, 0.2) is 6.20 Å². The molecule has 1 aromatic rings. The topological polar surface area (TPSA) is 33.1 Å². The first-order valence-corrected chi connectivity index (χ1v) is 3.92. The van der Waals surface area contributed by atoms with E-state index in [9.17, 15) is 26.3 Å².